The van der Waals surface area contributed by atoms with Crippen LogP contribution in [0.4, 0.5) is 4.79 Å². The van der Waals surface area contributed by atoms with Crippen LogP contribution in [0, 0.1) is 5.41 Å². The maximum atomic E-state index is 11.4. The van der Waals surface area contributed by atoms with Crippen molar-refractivity contribution in [2.24, 2.45) is 0 Å². The van der Waals surface area contributed by atoms with E-state index in [4.69, 9.17) is 10.1 Å². The summed E-state index contributed by atoms with van der Waals surface area (Å²) in [6.07, 6.45) is 0.307. The highest BCUT2D eigenvalue weighted by atomic mass is 16.6. The maximum Gasteiger partial charge on any atom is 0.416 e. The Labute approximate surface area is 91.5 Å². The summed E-state index contributed by atoms with van der Waals surface area (Å²) in [6, 6.07) is 0.180. The lowest BCUT2D eigenvalue weighted by Gasteiger charge is -2.28. The molecular formula is C10H21N3O2. The van der Waals surface area contributed by atoms with Gasteiger partial charge in [-0.15, -0.1) is 0 Å². The van der Waals surface area contributed by atoms with Crippen molar-refractivity contribution in [2.45, 2.75) is 33.2 Å². The van der Waals surface area contributed by atoms with E-state index < -0.39 is 6.09 Å². The number of nitrogens with one attached hydrogen (secondary N) is 1. The highest BCUT2D eigenvalue weighted by Crippen LogP contribution is 2.00. The van der Waals surface area contributed by atoms with Gasteiger partial charge in [0.1, 0.15) is 0 Å². The molecular weight excluding hydrogens is 194 g/mol. The average molecular weight is 215 g/mol. The van der Waals surface area contributed by atoms with Crippen molar-refractivity contribution in [3.8, 4) is 0 Å². The Morgan fingerprint density at radius 2 is 1.93 bits per heavy atom. The van der Waals surface area contributed by atoms with Crippen molar-refractivity contribution in [3.63, 3.8) is 0 Å². The van der Waals surface area contributed by atoms with E-state index in [9.17, 15) is 4.79 Å². The molecule has 0 fully saturated rings. The summed E-state index contributed by atoms with van der Waals surface area (Å²) in [4.78, 5) is 14.3. The number of amides is 1. The molecule has 0 saturated heterocycles. The number of hydrogen-bond donors (Lipinski definition) is 1. The minimum absolute atomic E-state index is 0.145. The van der Waals surface area contributed by atoms with Crippen molar-refractivity contribution in [1.82, 2.24) is 9.80 Å². The summed E-state index contributed by atoms with van der Waals surface area (Å²) in [6.45, 7) is 6.24. The molecule has 0 atom stereocenters. The molecule has 0 aromatic rings. The minimum Gasteiger partial charge on any atom is -0.449 e. The van der Waals surface area contributed by atoms with Crippen LogP contribution in [0.1, 0.15) is 27.2 Å². The first-order valence-corrected chi connectivity index (χ1v) is 5.13. The zero-order valence-corrected chi connectivity index (χ0v) is 10.2. The largest absolute Gasteiger partial charge is 0.449 e. The fraction of sp³-hybridized carbons (Fsp3) is 0.800. The lowest BCUT2D eigenvalue weighted by atomic mass is 10.3. The van der Waals surface area contributed by atoms with Gasteiger partial charge in [-0.3, -0.25) is 10.3 Å². The van der Waals surface area contributed by atoms with E-state index in [2.05, 4.69) is 0 Å². The van der Waals surface area contributed by atoms with Crippen molar-refractivity contribution in [2.75, 3.05) is 20.7 Å². The molecule has 5 heteroatoms. The van der Waals surface area contributed by atoms with E-state index in [0.29, 0.717) is 6.61 Å². The molecule has 0 spiro atoms. The first-order valence-electron chi connectivity index (χ1n) is 5.13. The summed E-state index contributed by atoms with van der Waals surface area (Å²) in [5.41, 5.74) is 0. The van der Waals surface area contributed by atoms with Gasteiger partial charge in [-0.2, -0.15) is 0 Å². The quantitative estimate of drug-likeness (QED) is 0.576. The van der Waals surface area contributed by atoms with Crippen LogP contribution in [0.25, 0.3) is 0 Å². The van der Waals surface area contributed by atoms with Gasteiger partial charge in [-0.05, 0) is 20.3 Å². The third kappa shape index (κ3) is 4.18. The zero-order valence-electron chi connectivity index (χ0n) is 10.2. The lowest BCUT2D eigenvalue weighted by molar-refractivity contribution is 0.124. The monoisotopic (exact) mass is 215 g/mol. The standard InChI is InChI=1S/C10H21N3O2/c1-6-7-15-10(14)13(5)9(11)12(4)8(2)3/h8,11H,6-7H2,1-5H3. The van der Waals surface area contributed by atoms with Crippen LogP contribution in [-0.4, -0.2) is 48.6 Å². The van der Waals surface area contributed by atoms with Crippen LogP contribution < -0.4 is 0 Å². The molecule has 0 radical (unpaired) electrons. The summed E-state index contributed by atoms with van der Waals surface area (Å²) < 4.78 is 4.92. The molecule has 88 valence electrons. The number of nitrogens with zero attached hydrogens (tertiary/aromatic N) is 2. The Hall–Kier alpha value is -1.26. The third-order valence-electron chi connectivity index (χ3n) is 2.13. The number of hydrogen-bond acceptors (Lipinski definition) is 3. The molecule has 0 aliphatic heterocycles. The summed E-state index contributed by atoms with van der Waals surface area (Å²) >= 11 is 0. The fourth-order valence-electron chi connectivity index (χ4n) is 0.854. The highest BCUT2D eigenvalue weighted by molar-refractivity contribution is 5.91. The van der Waals surface area contributed by atoms with Gasteiger partial charge in [0.25, 0.3) is 0 Å². The number of ether oxygens (including phenoxy) is 1. The van der Waals surface area contributed by atoms with Crippen LogP contribution in [0.2, 0.25) is 0 Å². The van der Waals surface area contributed by atoms with Gasteiger partial charge < -0.3 is 9.64 Å². The highest BCUT2D eigenvalue weighted by Gasteiger charge is 2.19. The second-order valence-electron chi connectivity index (χ2n) is 3.70. The average Bonchev–Trinajstić information content (AvgIpc) is 2.22. The van der Waals surface area contributed by atoms with Gasteiger partial charge in [0.15, 0.2) is 0 Å². The Morgan fingerprint density at radius 1 is 1.40 bits per heavy atom. The van der Waals surface area contributed by atoms with Gasteiger partial charge in [-0.1, -0.05) is 6.92 Å². The van der Waals surface area contributed by atoms with Gasteiger partial charge in [-0.25, -0.2) is 4.79 Å². The molecule has 5 nitrogen and oxygen atoms in total. The summed E-state index contributed by atoms with van der Waals surface area (Å²) in [5, 5.41) is 7.75. The number of carbonyl (C=O) groups excluding carboxylic acids is 1. The topological polar surface area (TPSA) is 56.6 Å². The third-order valence-corrected chi connectivity index (χ3v) is 2.13. The molecule has 0 aliphatic carbocycles. The molecule has 0 aromatic carbocycles. The van der Waals surface area contributed by atoms with Crippen LogP contribution >= 0.6 is 0 Å². The number of carbonyl (C=O) groups is 1. The predicted molar refractivity (Wildman–Crippen MR) is 60.0 cm³/mol. The van der Waals surface area contributed by atoms with Crippen LogP contribution in [0.5, 0.6) is 0 Å². The molecule has 1 N–H and O–H groups in total. The zero-order chi connectivity index (χ0) is 12.0. The molecule has 0 saturated carbocycles. The Bertz CT molecular complexity index is 229. The first-order chi connectivity index (χ1) is 6.91. The Balaban J connectivity index is 4.25. The van der Waals surface area contributed by atoms with E-state index in [1.54, 1.807) is 19.0 Å². The molecule has 0 aliphatic rings. The second-order valence-corrected chi connectivity index (χ2v) is 3.70. The molecule has 0 heterocycles. The van der Waals surface area contributed by atoms with Crippen LogP contribution in [0.15, 0.2) is 0 Å². The summed E-state index contributed by atoms with van der Waals surface area (Å²) in [5.74, 6) is 0.145. The van der Waals surface area contributed by atoms with E-state index in [0.717, 1.165) is 6.42 Å². The van der Waals surface area contributed by atoms with Gasteiger partial charge in [0.2, 0.25) is 5.96 Å². The molecule has 0 bridgehead atoms. The normalized spacial score (nSPS) is 10.0. The van der Waals surface area contributed by atoms with E-state index in [-0.39, 0.29) is 12.0 Å². The second kappa shape index (κ2) is 6.27. The van der Waals surface area contributed by atoms with Crippen LogP contribution in [-0.2, 0) is 4.74 Å². The molecule has 15 heavy (non-hydrogen) atoms. The van der Waals surface area contributed by atoms with Crippen molar-refractivity contribution < 1.29 is 9.53 Å². The van der Waals surface area contributed by atoms with E-state index >= 15 is 0 Å². The first kappa shape index (κ1) is 13.7. The van der Waals surface area contributed by atoms with Crippen LogP contribution in [0.3, 0.4) is 0 Å². The SMILES string of the molecule is CCCOC(=O)N(C)C(=N)N(C)C(C)C. The predicted octanol–water partition coefficient (Wildman–Crippen LogP) is 1.74. The number of rotatable bonds is 3. The Morgan fingerprint density at radius 3 is 2.33 bits per heavy atom. The smallest absolute Gasteiger partial charge is 0.416 e. The fourth-order valence-corrected chi connectivity index (χ4v) is 0.854. The van der Waals surface area contributed by atoms with Gasteiger partial charge in [0, 0.05) is 20.1 Å². The molecule has 0 aromatic heterocycles. The maximum absolute atomic E-state index is 11.4. The molecule has 1 amide bonds. The number of guanidine groups is 1. The van der Waals surface area contributed by atoms with E-state index in [1.807, 2.05) is 20.8 Å². The molecule has 0 unspecified atom stereocenters. The van der Waals surface area contributed by atoms with Gasteiger partial charge in [0.05, 0.1) is 6.61 Å². The van der Waals surface area contributed by atoms with E-state index in [1.165, 1.54) is 4.90 Å². The van der Waals surface area contributed by atoms with Crippen molar-refractivity contribution >= 4 is 12.1 Å². The van der Waals surface area contributed by atoms with Crippen molar-refractivity contribution in [3.05, 3.63) is 0 Å². The summed E-state index contributed by atoms with van der Waals surface area (Å²) in [7, 11) is 3.32. The minimum atomic E-state index is -0.477. The van der Waals surface area contributed by atoms with Gasteiger partial charge >= 0.3 is 6.09 Å². The molecule has 0 rings (SSSR count). The Kier molecular flexibility index (Phi) is 5.74. The van der Waals surface area contributed by atoms with Crippen molar-refractivity contribution in [1.29, 1.82) is 5.41 Å². The lowest BCUT2D eigenvalue weighted by Crippen LogP contribution is -2.45.